The summed E-state index contributed by atoms with van der Waals surface area (Å²) < 4.78 is 6.92. The van der Waals surface area contributed by atoms with Crippen LogP contribution in [-0.2, 0) is 20.9 Å². The van der Waals surface area contributed by atoms with Crippen molar-refractivity contribution in [1.82, 2.24) is 14.5 Å². The number of Topliss-reactive ketones (excluding diaryl/α,β-unsaturated/α-hetero) is 1. The molecule has 0 unspecified atom stereocenters. The van der Waals surface area contributed by atoms with Gasteiger partial charge in [-0.1, -0.05) is 42.5 Å². The van der Waals surface area contributed by atoms with Gasteiger partial charge in [-0.2, -0.15) is 0 Å². The monoisotopic (exact) mass is 498 g/mol. The van der Waals surface area contributed by atoms with E-state index in [2.05, 4.69) is 22.4 Å². The highest BCUT2D eigenvalue weighted by molar-refractivity contribution is 5.95. The topological polar surface area (TPSA) is 103 Å². The number of hydrogen-bond donors (Lipinski definition) is 1. The fourth-order valence-electron chi connectivity index (χ4n) is 4.13. The molecule has 4 aromatic rings. The van der Waals surface area contributed by atoms with Crippen LogP contribution in [0.25, 0.3) is 22.3 Å². The second kappa shape index (κ2) is 11.2. The Kier molecular flexibility index (Phi) is 7.77. The van der Waals surface area contributed by atoms with Crippen LogP contribution in [0.15, 0.2) is 54.6 Å². The summed E-state index contributed by atoms with van der Waals surface area (Å²) >= 11 is 0. The summed E-state index contributed by atoms with van der Waals surface area (Å²) in [5.74, 6) is 0.186. The Bertz CT molecular complexity index is 1470. The number of ether oxygens (including phenoxy) is 1. The largest absolute Gasteiger partial charge is 0.466 e. The van der Waals surface area contributed by atoms with Gasteiger partial charge in [-0.25, -0.2) is 9.97 Å². The fraction of sp³-hybridized carbons (Fsp3) is 0.276. The van der Waals surface area contributed by atoms with Gasteiger partial charge in [0.15, 0.2) is 11.4 Å². The lowest BCUT2D eigenvalue weighted by Crippen LogP contribution is -2.15. The molecule has 1 N–H and O–H groups in total. The Morgan fingerprint density at radius 3 is 2.41 bits per heavy atom. The third-order valence-electron chi connectivity index (χ3n) is 6.13. The number of nitrogens with zero attached hydrogens (tertiary/aromatic N) is 3. The molecule has 1 amide bonds. The number of hydrogen-bond acceptors (Lipinski definition) is 6. The highest BCUT2D eigenvalue weighted by Gasteiger charge is 2.15. The number of ketones is 1. The molecule has 2 aromatic heterocycles. The standard InChI is InChI=1S/C29H30N4O4/c1-5-37-28(36)14-13-27(35)32-25-16-26-29(30-18(25)2)33(20(4)31-26)17-21-9-11-22(12-10-21)24-8-6-7-23(15-24)19(3)34/h6-12,15-16H,5,13-14,17H2,1-4H3,(H,32,35). The molecule has 190 valence electrons. The summed E-state index contributed by atoms with van der Waals surface area (Å²) in [6, 6.07) is 17.7. The Morgan fingerprint density at radius 1 is 0.946 bits per heavy atom. The van der Waals surface area contributed by atoms with Crippen LogP contribution in [-0.4, -0.2) is 38.8 Å². The van der Waals surface area contributed by atoms with Gasteiger partial charge in [0.25, 0.3) is 0 Å². The summed E-state index contributed by atoms with van der Waals surface area (Å²) in [6.07, 6.45) is 0.0713. The SMILES string of the molecule is CCOC(=O)CCC(=O)Nc1cc2nc(C)n(Cc3ccc(-c4cccc(C(C)=O)c4)cc3)c2nc1C. The number of aromatic nitrogens is 3. The van der Waals surface area contributed by atoms with Gasteiger partial charge in [0, 0.05) is 12.0 Å². The number of fused-ring (bicyclic) bond motifs is 1. The molecule has 8 heteroatoms. The predicted molar refractivity (Wildman–Crippen MR) is 142 cm³/mol. The second-order valence-corrected chi connectivity index (χ2v) is 8.90. The van der Waals surface area contributed by atoms with E-state index < -0.39 is 5.97 Å². The molecule has 0 radical (unpaired) electrons. The molecule has 0 saturated heterocycles. The molecule has 2 aromatic carbocycles. The van der Waals surface area contributed by atoms with Gasteiger partial charge in [-0.3, -0.25) is 14.4 Å². The van der Waals surface area contributed by atoms with Crippen molar-refractivity contribution in [2.24, 2.45) is 0 Å². The number of pyridine rings is 1. The van der Waals surface area contributed by atoms with Crippen LogP contribution < -0.4 is 5.32 Å². The molecule has 0 aliphatic heterocycles. The summed E-state index contributed by atoms with van der Waals surface area (Å²) in [5, 5.41) is 2.83. The molecule has 2 heterocycles. The van der Waals surface area contributed by atoms with E-state index in [9.17, 15) is 14.4 Å². The molecule has 0 saturated carbocycles. The van der Waals surface area contributed by atoms with E-state index >= 15 is 0 Å². The zero-order valence-electron chi connectivity index (χ0n) is 21.5. The molecule has 0 aliphatic carbocycles. The Balaban J connectivity index is 1.50. The number of aryl methyl sites for hydroxylation is 2. The molecule has 37 heavy (non-hydrogen) atoms. The first-order valence-corrected chi connectivity index (χ1v) is 12.3. The molecule has 0 fully saturated rings. The predicted octanol–water partition coefficient (Wildman–Crippen LogP) is 5.25. The minimum absolute atomic E-state index is 0.0308. The van der Waals surface area contributed by atoms with Gasteiger partial charge in [0.2, 0.25) is 5.91 Å². The zero-order chi connectivity index (χ0) is 26.5. The fourth-order valence-corrected chi connectivity index (χ4v) is 4.13. The molecular formula is C29H30N4O4. The highest BCUT2D eigenvalue weighted by Crippen LogP contribution is 2.25. The van der Waals surface area contributed by atoms with E-state index in [0.717, 1.165) is 28.2 Å². The van der Waals surface area contributed by atoms with Gasteiger partial charge in [0.1, 0.15) is 11.3 Å². The van der Waals surface area contributed by atoms with Gasteiger partial charge in [-0.05, 0) is 56.5 Å². The Labute approximate surface area is 215 Å². The van der Waals surface area contributed by atoms with Crippen LogP contribution >= 0.6 is 0 Å². The number of rotatable bonds is 9. The summed E-state index contributed by atoms with van der Waals surface area (Å²) in [7, 11) is 0. The van der Waals surface area contributed by atoms with E-state index in [1.807, 2.05) is 60.9 Å². The lowest BCUT2D eigenvalue weighted by molar-refractivity contribution is -0.144. The van der Waals surface area contributed by atoms with Crippen molar-refractivity contribution in [3.63, 3.8) is 0 Å². The van der Waals surface area contributed by atoms with E-state index in [1.165, 1.54) is 0 Å². The van der Waals surface area contributed by atoms with Crippen molar-refractivity contribution in [3.8, 4) is 11.1 Å². The molecule has 0 bridgehead atoms. The number of anilines is 1. The number of esters is 1. The number of imidazole rings is 1. The second-order valence-electron chi connectivity index (χ2n) is 8.90. The maximum Gasteiger partial charge on any atom is 0.306 e. The van der Waals surface area contributed by atoms with Crippen molar-refractivity contribution >= 4 is 34.5 Å². The van der Waals surface area contributed by atoms with Crippen molar-refractivity contribution in [2.75, 3.05) is 11.9 Å². The first-order chi connectivity index (χ1) is 17.7. The highest BCUT2D eigenvalue weighted by atomic mass is 16.5. The van der Waals surface area contributed by atoms with Crippen LogP contribution in [0.2, 0.25) is 0 Å². The smallest absolute Gasteiger partial charge is 0.306 e. The van der Waals surface area contributed by atoms with Crippen molar-refractivity contribution < 1.29 is 19.1 Å². The van der Waals surface area contributed by atoms with Crippen LogP contribution in [0.1, 0.15) is 54.1 Å². The zero-order valence-corrected chi connectivity index (χ0v) is 21.5. The van der Waals surface area contributed by atoms with E-state index in [-0.39, 0.29) is 24.5 Å². The van der Waals surface area contributed by atoms with Crippen LogP contribution in [0.4, 0.5) is 5.69 Å². The normalized spacial score (nSPS) is 10.9. The van der Waals surface area contributed by atoms with Crippen LogP contribution in [0.3, 0.4) is 0 Å². The van der Waals surface area contributed by atoms with E-state index in [1.54, 1.807) is 13.8 Å². The molecular weight excluding hydrogens is 468 g/mol. The summed E-state index contributed by atoms with van der Waals surface area (Å²) in [5.41, 5.74) is 6.47. The number of benzene rings is 2. The van der Waals surface area contributed by atoms with Crippen LogP contribution in [0.5, 0.6) is 0 Å². The van der Waals surface area contributed by atoms with Crippen molar-refractivity contribution in [2.45, 2.75) is 47.1 Å². The van der Waals surface area contributed by atoms with Gasteiger partial charge in [0.05, 0.1) is 31.0 Å². The maximum atomic E-state index is 12.3. The Morgan fingerprint density at radius 2 is 1.70 bits per heavy atom. The summed E-state index contributed by atoms with van der Waals surface area (Å²) in [4.78, 5) is 44.9. The quantitative estimate of drug-likeness (QED) is 0.250. The minimum Gasteiger partial charge on any atom is -0.466 e. The van der Waals surface area contributed by atoms with Gasteiger partial charge >= 0.3 is 5.97 Å². The number of carbonyl (C=O) groups excluding carboxylic acids is 3. The molecule has 0 aliphatic rings. The third kappa shape index (κ3) is 6.09. The Hall–Kier alpha value is -4.33. The molecule has 8 nitrogen and oxygen atoms in total. The summed E-state index contributed by atoms with van der Waals surface area (Å²) in [6.45, 7) is 7.94. The van der Waals surface area contributed by atoms with Gasteiger partial charge in [-0.15, -0.1) is 0 Å². The minimum atomic E-state index is -0.394. The average molecular weight is 499 g/mol. The number of carbonyl (C=O) groups is 3. The van der Waals surface area contributed by atoms with Crippen molar-refractivity contribution in [3.05, 3.63) is 77.2 Å². The molecule has 4 rings (SSSR count). The third-order valence-corrected chi connectivity index (χ3v) is 6.13. The lowest BCUT2D eigenvalue weighted by atomic mass is 10.0. The molecule has 0 spiro atoms. The van der Waals surface area contributed by atoms with Crippen molar-refractivity contribution in [1.29, 1.82) is 0 Å². The van der Waals surface area contributed by atoms with Gasteiger partial charge < -0.3 is 14.6 Å². The van der Waals surface area contributed by atoms with Crippen LogP contribution in [0, 0.1) is 13.8 Å². The first-order valence-electron chi connectivity index (χ1n) is 12.3. The number of nitrogens with one attached hydrogen (secondary N) is 1. The van der Waals surface area contributed by atoms with E-state index in [4.69, 9.17) is 9.72 Å². The molecule has 0 atom stereocenters. The lowest BCUT2D eigenvalue weighted by Gasteiger charge is -2.11. The average Bonchev–Trinajstić information content (AvgIpc) is 3.17. The first kappa shape index (κ1) is 25.8. The number of amides is 1. The maximum absolute atomic E-state index is 12.3. The van der Waals surface area contributed by atoms with E-state index in [0.29, 0.717) is 35.6 Å².